The average molecular weight is 498 g/mol. The predicted molar refractivity (Wildman–Crippen MR) is 142 cm³/mol. The van der Waals surface area contributed by atoms with Gasteiger partial charge in [-0.1, -0.05) is 65.9 Å². The number of ether oxygens (including phenoxy) is 2. The van der Waals surface area contributed by atoms with Crippen molar-refractivity contribution in [3.8, 4) is 17.6 Å². The molecule has 0 spiro atoms. The number of hydrogen-bond donors (Lipinski definition) is 0. The van der Waals surface area contributed by atoms with Gasteiger partial charge in [0.2, 0.25) is 5.91 Å². The van der Waals surface area contributed by atoms with Gasteiger partial charge in [0.1, 0.15) is 6.61 Å². The molecule has 7 heteroatoms. The molecule has 6 nitrogen and oxygen atoms in total. The van der Waals surface area contributed by atoms with E-state index >= 15 is 0 Å². The molecule has 0 aromatic heterocycles. The number of rotatable bonds is 6. The molecule has 0 N–H and O–H groups in total. The van der Waals surface area contributed by atoms with Crippen LogP contribution in [0, 0.1) is 18.3 Å². The minimum absolute atomic E-state index is 0.0154. The van der Waals surface area contributed by atoms with Crippen molar-refractivity contribution in [2.75, 3.05) is 24.6 Å². The van der Waals surface area contributed by atoms with E-state index in [1.165, 1.54) is 5.56 Å². The van der Waals surface area contributed by atoms with Gasteiger partial charge in [0.15, 0.2) is 11.5 Å². The number of aryl methyl sites for hydroxylation is 1. The summed E-state index contributed by atoms with van der Waals surface area (Å²) in [6.07, 6.45) is 0.238. The highest BCUT2D eigenvalue weighted by molar-refractivity contribution is 8.03. The Hall–Kier alpha value is -3.89. The van der Waals surface area contributed by atoms with Gasteiger partial charge in [0.05, 0.1) is 36.3 Å². The van der Waals surface area contributed by atoms with Crippen LogP contribution in [0.4, 0.5) is 5.69 Å². The summed E-state index contributed by atoms with van der Waals surface area (Å²) < 4.78 is 11.6. The van der Waals surface area contributed by atoms with Crippen molar-refractivity contribution in [2.24, 2.45) is 0 Å². The molecule has 0 aliphatic carbocycles. The van der Waals surface area contributed by atoms with E-state index in [0.717, 1.165) is 21.8 Å². The number of carbonyl (C=O) groups is 1. The molecule has 36 heavy (non-hydrogen) atoms. The Morgan fingerprint density at radius 1 is 1.06 bits per heavy atom. The Morgan fingerprint density at radius 3 is 2.56 bits per heavy atom. The molecular weight excluding hydrogens is 470 g/mol. The average Bonchev–Trinajstić information content (AvgIpc) is 2.92. The number of allylic oxidation sites excluding steroid dienone is 1. The van der Waals surface area contributed by atoms with Crippen LogP contribution in [0.15, 0.2) is 83.4 Å². The second-order valence-corrected chi connectivity index (χ2v) is 9.82. The smallest absolute Gasteiger partial charge is 0.229 e. The maximum Gasteiger partial charge on any atom is 0.229 e. The molecular formula is C29H27N3O3S. The SMILES string of the molecule is COc1cc([C@H]2CC(=O)N3CN(c4ccc(C)cc4)CSC3=C2C#N)ccc1OCc1ccccc1. The van der Waals surface area contributed by atoms with Crippen LogP contribution in [0.2, 0.25) is 0 Å². The lowest BCUT2D eigenvalue weighted by Crippen LogP contribution is -2.47. The quantitative estimate of drug-likeness (QED) is 0.429. The molecule has 2 aliphatic rings. The predicted octanol–water partition coefficient (Wildman–Crippen LogP) is 5.80. The highest BCUT2D eigenvalue weighted by atomic mass is 32.2. The van der Waals surface area contributed by atoms with Gasteiger partial charge < -0.3 is 14.4 Å². The van der Waals surface area contributed by atoms with Crippen LogP contribution in [0.25, 0.3) is 0 Å². The van der Waals surface area contributed by atoms with E-state index in [4.69, 9.17) is 9.47 Å². The second kappa shape index (κ2) is 10.4. The second-order valence-electron chi connectivity index (χ2n) is 8.88. The molecule has 0 radical (unpaired) electrons. The first-order chi connectivity index (χ1) is 17.6. The molecule has 2 aliphatic heterocycles. The van der Waals surface area contributed by atoms with Crippen molar-refractivity contribution in [3.63, 3.8) is 0 Å². The largest absolute Gasteiger partial charge is 0.493 e. The van der Waals surface area contributed by atoms with Crippen LogP contribution in [-0.2, 0) is 11.4 Å². The summed E-state index contributed by atoms with van der Waals surface area (Å²) in [5, 5.41) is 10.9. The molecule has 182 valence electrons. The van der Waals surface area contributed by atoms with E-state index in [1.807, 2.05) is 48.5 Å². The summed E-state index contributed by atoms with van der Waals surface area (Å²) in [4.78, 5) is 17.2. The Kier molecular flexibility index (Phi) is 6.88. The number of amides is 1. The van der Waals surface area contributed by atoms with Crippen molar-refractivity contribution in [3.05, 3.63) is 100 Å². The van der Waals surface area contributed by atoms with E-state index in [2.05, 4.69) is 42.2 Å². The molecule has 1 atom stereocenters. The number of methoxy groups -OCH3 is 1. The molecule has 0 saturated carbocycles. The van der Waals surface area contributed by atoms with Gasteiger partial charge >= 0.3 is 0 Å². The van der Waals surface area contributed by atoms with Crippen LogP contribution in [-0.4, -0.2) is 30.5 Å². The first kappa shape index (κ1) is 23.8. The summed E-state index contributed by atoms with van der Waals surface area (Å²) in [5.74, 6) is 1.59. The zero-order valence-electron chi connectivity index (χ0n) is 20.3. The van der Waals surface area contributed by atoms with Crippen molar-refractivity contribution >= 4 is 23.4 Å². The van der Waals surface area contributed by atoms with Crippen molar-refractivity contribution in [2.45, 2.75) is 25.9 Å². The number of anilines is 1. The molecule has 3 aromatic rings. The summed E-state index contributed by atoms with van der Waals surface area (Å²) in [6.45, 7) is 2.92. The molecule has 1 fully saturated rings. The maximum absolute atomic E-state index is 13.3. The molecule has 2 heterocycles. The van der Waals surface area contributed by atoms with Gasteiger partial charge in [-0.3, -0.25) is 9.69 Å². The number of benzene rings is 3. The number of nitriles is 1. The van der Waals surface area contributed by atoms with Crippen LogP contribution in [0.3, 0.4) is 0 Å². The summed E-state index contributed by atoms with van der Waals surface area (Å²) in [5.41, 5.74) is 4.82. The van der Waals surface area contributed by atoms with Crippen molar-refractivity contribution in [1.82, 2.24) is 4.90 Å². The first-order valence-corrected chi connectivity index (χ1v) is 12.8. The van der Waals surface area contributed by atoms with E-state index in [9.17, 15) is 10.1 Å². The van der Waals surface area contributed by atoms with Gasteiger partial charge in [-0.2, -0.15) is 5.26 Å². The minimum atomic E-state index is -0.316. The molecule has 1 amide bonds. The van der Waals surface area contributed by atoms with Gasteiger partial charge in [-0.05, 0) is 42.3 Å². The zero-order valence-corrected chi connectivity index (χ0v) is 21.1. The number of thioether (sulfide) groups is 1. The number of fused-ring (bicyclic) bond motifs is 1. The van der Waals surface area contributed by atoms with Crippen LogP contribution >= 0.6 is 11.8 Å². The summed E-state index contributed by atoms with van der Waals surface area (Å²) >= 11 is 1.54. The monoisotopic (exact) mass is 497 g/mol. The highest BCUT2D eigenvalue weighted by Crippen LogP contribution is 2.44. The van der Waals surface area contributed by atoms with Crippen LogP contribution < -0.4 is 14.4 Å². The minimum Gasteiger partial charge on any atom is -0.493 e. The zero-order chi connectivity index (χ0) is 25.1. The lowest BCUT2D eigenvalue weighted by Gasteiger charge is -2.42. The molecule has 0 bridgehead atoms. The third kappa shape index (κ3) is 4.77. The molecule has 5 rings (SSSR count). The first-order valence-electron chi connectivity index (χ1n) is 11.8. The van der Waals surface area contributed by atoms with Gasteiger partial charge in [-0.25, -0.2) is 0 Å². The van der Waals surface area contributed by atoms with Crippen molar-refractivity contribution in [1.29, 1.82) is 5.26 Å². The number of carbonyl (C=O) groups excluding carboxylic acids is 1. The molecule has 3 aromatic carbocycles. The highest BCUT2D eigenvalue weighted by Gasteiger charge is 2.38. The third-order valence-electron chi connectivity index (χ3n) is 6.52. The van der Waals surface area contributed by atoms with E-state index < -0.39 is 0 Å². The Bertz CT molecular complexity index is 1330. The standard InChI is InChI=1S/C29H27N3O3S/c1-20-8-11-23(12-9-20)31-18-32-28(33)15-24(25(16-30)29(32)36-19-31)22-10-13-26(27(14-22)34-2)35-17-21-6-4-3-5-7-21/h3-14,24H,15,17-19H2,1-2H3/t24-/m1/s1. The van der Waals surface area contributed by atoms with Gasteiger partial charge in [0.25, 0.3) is 0 Å². The molecule has 0 unspecified atom stereocenters. The Balaban J connectivity index is 1.38. The topological polar surface area (TPSA) is 65.8 Å². The Morgan fingerprint density at radius 2 is 1.83 bits per heavy atom. The van der Waals surface area contributed by atoms with Crippen LogP contribution in [0.1, 0.15) is 29.0 Å². The maximum atomic E-state index is 13.3. The van der Waals surface area contributed by atoms with Gasteiger partial charge in [0, 0.05) is 18.0 Å². The number of nitrogens with zero attached hydrogens (tertiary/aromatic N) is 3. The van der Waals surface area contributed by atoms with E-state index in [1.54, 1.807) is 23.8 Å². The lowest BCUT2D eigenvalue weighted by atomic mass is 9.86. The summed E-state index contributed by atoms with van der Waals surface area (Å²) in [7, 11) is 1.60. The fraction of sp³-hybridized carbons (Fsp3) is 0.241. The lowest BCUT2D eigenvalue weighted by molar-refractivity contribution is -0.129. The fourth-order valence-corrected chi connectivity index (χ4v) is 5.69. The van der Waals surface area contributed by atoms with Crippen LogP contribution in [0.5, 0.6) is 11.5 Å². The number of hydrogen-bond acceptors (Lipinski definition) is 6. The van der Waals surface area contributed by atoms with Gasteiger partial charge in [-0.15, -0.1) is 0 Å². The fourth-order valence-electron chi connectivity index (χ4n) is 4.52. The Labute approximate surface area is 215 Å². The van der Waals surface area contributed by atoms with E-state index in [0.29, 0.717) is 36.2 Å². The van der Waals surface area contributed by atoms with E-state index in [-0.39, 0.29) is 18.2 Å². The summed E-state index contributed by atoms with van der Waals surface area (Å²) in [6, 6.07) is 26.3. The normalized spacial score (nSPS) is 17.5. The van der Waals surface area contributed by atoms with Crippen molar-refractivity contribution < 1.29 is 14.3 Å². The third-order valence-corrected chi connectivity index (χ3v) is 7.67. The molecule has 1 saturated heterocycles.